The van der Waals surface area contributed by atoms with Gasteiger partial charge in [0.2, 0.25) is 0 Å². The van der Waals surface area contributed by atoms with E-state index in [2.05, 4.69) is 15.9 Å². The number of carbonyl (C=O) groups is 1. The van der Waals surface area contributed by atoms with Crippen molar-refractivity contribution in [2.75, 3.05) is 7.05 Å². The molecule has 0 aliphatic carbocycles. The van der Waals surface area contributed by atoms with E-state index in [-0.39, 0.29) is 5.91 Å². The monoisotopic (exact) mass is 323 g/mol. The van der Waals surface area contributed by atoms with Gasteiger partial charge in [0.25, 0.3) is 5.91 Å². The molecule has 0 fully saturated rings. The molecule has 0 N–H and O–H groups in total. The molecule has 1 amide bonds. The number of amides is 1. The van der Waals surface area contributed by atoms with Gasteiger partial charge in [-0.05, 0) is 41.1 Å². The summed E-state index contributed by atoms with van der Waals surface area (Å²) >= 11 is 5.07. The highest BCUT2D eigenvalue weighted by molar-refractivity contribution is 9.10. The van der Waals surface area contributed by atoms with E-state index >= 15 is 0 Å². The lowest BCUT2D eigenvalue weighted by Crippen LogP contribution is -2.25. The van der Waals surface area contributed by atoms with Crippen molar-refractivity contribution in [3.8, 4) is 0 Å². The van der Waals surface area contributed by atoms with Crippen LogP contribution in [0, 0.1) is 6.92 Å². The van der Waals surface area contributed by atoms with Crippen LogP contribution >= 0.6 is 27.3 Å². The third-order valence-electron chi connectivity index (χ3n) is 2.63. The number of hydrogen-bond acceptors (Lipinski definition) is 2. The Morgan fingerprint density at radius 1 is 1.39 bits per heavy atom. The third kappa shape index (κ3) is 3.21. The zero-order valence-electron chi connectivity index (χ0n) is 10.3. The number of aryl methyl sites for hydroxylation is 1. The molecule has 0 radical (unpaired) electrons. The fourth-order valence-electron chi connectivity index (χ4n) is 1.74. The number of hydrogen-bond donors (Lipinski definition) is 0. The molecule has 94 valence electrons. The van der Waals surface area contributed by atoms with Gasteiger partial charge in [0, 0.05) is 27.3 Å². The fraction of sp³-hybridized carbons (Fsp3) is 0.214. The quantitative estimate of drug-likeness (QED) is 0.833. The molecule has 18 heavy (non-hydrogen) atoms. The van der Waals surface area contributed by atoms with Gasteiger partial charge in [-0.15, -0.1) is 11.3 Å². The van der Waals surface area contributed by atoms with Crippen LogP contribution < -0.4 is 0 Å². The number of benzene rings is 1. The Bertz CT molecular complexity index is 564. The zero-order valence-corrected chi connectivity index (χ0v) is 12.7. The first-order valence-electron chi connectivity index (χ1n) is 5.61. The maximum absolute atomic E-state index is 12.2. The number of thiophene rings is 1. The molecule has 2 nitrogen and oxygen atoms in total. The summed E-state index contributed by atoms with van der Waals surface area (Å²) in [4.78, 5) is 15.1. The van der Waals surface area contributed by atoms with Crippen LogP contribution in [0.2, 0.25) is 0 Å². The Balaban J connectivity index is 2.09. The van der Waals surface area contributed by atoms with Crippen molar-refractivity contribution in [2.45, 2.75) is 13.5 Å². The van der Waals surface area contributed by atoms with Crippen molar-refractivity contribution in [2.24, 2.45) is 0 Å². The molecule has 0 spiro atoms. The second-order valence-electron chi connectivity index (χ2n) is 4.26. The molecule has 2 aromatic rings. The lowest BCUT2D eigenvalue weighted by Gasteiger charge is -2.16. The van der Waals surface area contributed by atoms with Crippen LogP contribution in [0.15, 0.2) is 40.2 Å². The number of halogens is 1. The summed E-state index contributed by atoms with van der Waals surface area (Å²) in [5, 5.41) is 2.03. The van der Waals surface area contributed by atoms with Gasteiger partial charge in [0.15, 0.2) is 0 Å². The molecular weight excluding hydrogens is 310 g/mol. The van der Waals surface area contributed by atoms with E-state index in [1.807, 2.05) is 49.7 Å². The standard InChI is InChI=1S/C14H14BrNOS/c1-10-4-3-5-11(6-10)14(17)16(2)8-13-7-12(15)9-18-13/h3-7,9H,8H2,1-2H3. The highest BCUT2D eigenvalue weighted by Gasteiger charge is 2.12. The lowest BCUT2D eigenvalue weighted by molar-refractivity contribution is 0.0786. The predicted octanol–water partition coefficient (Wildman–Crippen LogP) is 4.09. The first kappa shape index (κ1) is 13.3. The van der Waals surface area contributed by atoms with Crippen LogP contribution in [0.5, 0.6) is 0 Å². The Kier molecular flexibility index (Phi) is 4.19. The summed E-state index contributed by atoms with van der Waals surface area (Å²) in [5.74, 6) is 0.0585. The maximum Gasteiger partial charge on any atom is 0.253 e. The maximum atomic E-state index is 12.2. The first-order chi connectivity index (χ1) is 8.56. The van der Waals surface area contributed by atoms with E-state index in [9.17, 15) is 4.79 Å². The molecular formula is C14H14BrNOS. The van der Waals surface area contributed by atoms with Crippen LogP contribution in [0.4, 0.5) is 0 Å². The summed E-state index contributed by atoms with van der Waals surface area (Å²) in [6.07, 6.45) is 0. The molecule has 0 aliphatic rings. The first-order valence-corrected chi connectivity index (χ1v) is 7.28. The molecule has 2 rings (SSSR count). The van der Waals surface area contributed by atoms with E-state index in [0.717, 1.165) is 15.6 Å². The second-order valence-corrected chi connectivity index (χ2v) is 6.17. The van der Waals surface area contributed by atoms with E-state index in [0.29, 0.717) is 6.54 Å². The van der Waals surface area contributed by atoms with Crippen molar-refractivity contribution in [3.63, 3.8) is 0 Å². The number of carbonyl (C=O) groups excluding carboxylic acids is 1. The van der Waals surface area contributed by atoms with Gasteiger partial charge in [-0.25, -0.2) is 0 Å². The molecule has 0 atom stereocenters. The van der Waals surface area contributed by atoms with E-state index in [4.69, 9.17) is 0 Å². The molecule has 0 unspecified atom stereocenters. The highest BCUT2D eigenvalue weighted by atomic mass is 79.9. The third-order valence-corrected chi connectivity index (χ3v) is 4.31. The van der Waals surface area contributed by atoms with Gasteiger partial charge in [0.05, 0.1) is 6.54 Å². The Morgan fingerprint density at radius 2 is 2.17 bits per heavy atom. The van der Waals surface area contributed by atoms with Crippen molar-refractivity contribution >= 4 is 33.2 Å². The van der Waals surface area contributed by atoms with Gasteiger partial charge in [-0.2, -0.15) is 0 Å². The summed E-state index contributed by atoms with van der Waals surface area (Å²) in [6.45, 7) is 2.64. The number of nitrogens with zero attached hydrogens (tertiary/aromatic N) is 1. The Morgan fingerprint density at radius 3 is 2.78 bits per heavy atom. The average molecular weight is 324 g/mol. The van der Waals surface area contributed by atoms with E-state index < -0.39 is 0 Å². The largest absolute Gasteiger partial charge is 0.337 e. The van der Waals surface area contributed by atoms with E-state index in [1.165, 1.54) is 4.88 Å². The lowest BCUT2D eigenvalue weighted by atomic mass is 10.1. The normalized spacial score (nSPS) is 10.4. The number of rotatable bonds is 3. The molecule has 4 heteroatoms. The average Bonchev–Trinajstić information content (AvgIpc) is 2.73. The zero-order chi connectivity index (χ0) is 13.1. The van der Waals surface area contributed by atoms with Gasteiger partial charge in [-0.1, -0.05) is 17.7 Å². The minimum Gasteiger partial charge on any atom is -0.337 e. The molecule has 0 saturated heterocycles. The minimum absolute atomic E-state index is 0.0585. The molecule has 0 bridgehead atoms. The van der Waals surface area contributed by atoms with E-state index in [1.54, 1.807) is 16.2 Å². The molecule has 0 saturated carbocycles. The van der Waals surface area contributed by atoms with Crippen molar-refractivity contribution in [1.29, 1.82) is 0 Å². The van der Waals surface area contributed by atoms with Crippen LogP contribution in [0.1, 0.15) is 20.8 Å². The van der Waals surface area contributed by atoms with Crippen molar-refractivity contribution in [1.82, 2.24) is 4.90 Å². The second kappa shape index (κ2) is 5.67. The van der Waals surface area contributed by atoms with Crippen LogP contribution in [0.3, 0.4) is 0 Å². The van der Waals surface area contributed by atoms with Crippen LogP contribution in [0.25, 0.3) is 0 Å². The smallest absolute Gasteiger partial charge is 0.253 e. The van der Waals surface area contributed by atoms with Crippen molar-refractivity contribution < 1.29 is 4.79 Å². The molecule has 1 heterocycles. The fourth-order valence-corrected chi connectivity index (χ4v) is 3.24. The molecule has 1 aromatic carbocycles. The summed E-state index contributed by atoms with van der Waals surface area (Å²) < 4.78 is 1.07. The minimum atomic E-state index is 0.0585. The highest BCUT2D eigenvalue weighted by Crippen LogP contribution is 2.21. The molecule has 1 aromatic heterocycles. The van der Waals surface area contributed by atoms with Gasteiger partial charge in [0.1, 0.15) is 0 Å². The van der Waals surface area contributed by atoms with Crippen molar-refractivity contribution in [3.05, 3.63) is 56.2 Å². The van der Waals surface area contributed by atoms with Gasteiger partial charge >= 0.3 is 0 Å². The van der Waals surface area contributed by atoms with Crippen LogP contribution in [-0.4, -0.2) is 17.9 Å². The summed E-state index contributed by atoms with van der Waals surface area (Å²) in [5.41, 5.74) is 1.85. The van der Waals surface area contributed by atoms with Gasteiger partial charge < -0.3 is 4.90 Å². The Hall–Kier alpha value is -1.13. The molecule has 0 aliphatic heterocycles. The van der Waals surface area contributed by atoms with Crippen LogP contribution in [-0.2, 0) is 6.54 Å². The topological polar surface area (TPSA) is 20.3 Å². The summed E-state index contributed by atoms with van der Waals surface area (Å²) in [6, 6.07) is 9.73. The van der Waals surface area contributed by atoms with Gasteiger partial charge in [-0.3, -0.25) is 4.79 Å². The predicted molar refractivity (Wildman–Crippen MR) is 79.0 cm³/mol. The Labute approximate surface area is 119 Å². The SMILES string of the molecule is Cc1cccc(C(=O)N(C)Cc2cc(Br)cs2)c1. The summed E-state index contributed by atoms with van der Waals surface area (Å²) in [7, 11) is 1.83.